The van der Waals surface area contributed by atoms with Gasteiger partial charge in [-0.05, 0) is 129 Å². The van der Waals surface area contributed by atoms with Crippen LogP contribution < -0.4 is 4.90 Å². The molecule has 0 bridgehead atoms. The van der Waals surface area contributed by atoms with E-state index in [0.29, 0.717) is 0 Å². The number of aromatic nitrogens is 3. The van der Waals surface area contributed by atoms with Crippen molar-refractivity contribution in [3.63, 3.8) is 0 Å². The van der Waals surface area contributed by atoms with Crippen LogP contribution in [0, 0.1) is 0 Å². The topological polar surface area (TPSA) is 25.5 Å². The van der Waals surface area contributed by atoms with Gasteiger partial charge in [0.2, 0.25) is 0 Å². The number of imidazole rings is 1. The van der Waals surface area contributed by atoms with Crippen LogP contribution in [0.4, 0.5) is 17.1 Å². The molecule has 61 heavy (non-hydrogen) atoms. The maximum Gasteiger partial charge on any atom is 0.137 e. The van der Waals surface area contributed by atoms with Gasteiger partial charge < -0.3 is 13.9 Å². The first-order valence-corrected chi connectivity index (χ1v) is 20.8. The Bertz CT molecular complexity index is 3400. The van der Waals surface area contributed by atoms with E-state index in [2.05, 4.69) is 220 Å². The number of pyridine rings is 1. The summed E-state index contributed by atoms with van der Waals surface area (Å²) in [5.41, 5.74) is 14.6. The molecule has 0 aliphatic heterocycles. The first kappa shape index (κ1) is 34.8. The summed E-state index contributed by atoms with van der Waals surface area (Å²) in [5, 5.41) is 7.45. The molecule has 4 heteroatoms. The van der Waals surface area contributed by atoms with Gasteiger partial charge in [-0.3, -0.25) is 0 Å². The summed E-state index contributed by atoms with van der Waals surface area (Å²) < 4.78 is 4.48. The number of hydrogen-bond acceptors (Lipinski definition) is 2. The van der Waals surface area contributed by atoms with E-state index >= 15 is 0 Å². The van der Waals surface area contributed by atoms with Gasteiger partial charge in [-0.25, -0.2) is 4.98 Å². The van der Waals surface area contributed by atoms with Crippen molar-refractivity contribution < 1.29 is 0 Å². The van der Waals surface area contributed by atoms with Crippen LogP contribution in [0.25, 0.3) is 88.2 Å². The Labute approximate surface area is 353 Å². The Morgan fingerprint density at radius 3 is 1.49 bits per heavy atom. The number of anilines is 3. The van der Waals surface area contributed by atoms with Crippen LogP contribution in [0.1, 0.15) is 0 Å². The number of nitrogens with zero attached hydrogens (tertiary/aromatic N) is 4. The van der Waals surface area contributed by atoms with Gasteiger partial charge in [0.1, 0.15) is 5.65 Å². The fourth-order valence-electron chi connectivity index (χ4n) is 9.22. The molecular formula is C57H38N4. The Balaban J connectivity index is 0.991. The molecule has 286 valence electrons. The molecule has 4 nitrogen and oxygen atoms in total. The van der Waals surface area contributed by atoms with Gasteiger partial charge in [-0.15, -0.1) is 0 Å². The maximum absolute atomic E-state index is 4.86. The molecule has 3 aromatic heterocycles. The molecule has 0 saturated heterocycles. The predicted octanol–water partition coefficient (Wildman–Crippen LogP) is 15.2. The highest BCUT2D eigenvalue weighted by Gasteiger charge is 2.18. The average molecular weight is 779 g/mol. The SMILES string of the molecule is c1ccc(N(c2ccc(-c3cn4ccccc4n3)cc2)c2ccc(-n3c4ccc(-c5cccc6ccccc56)cc4c4cc(-c5cccc6ccccc56)ccc43)cc2)cc1. The number of rotatable bonds is 7. The largest absolute Gasteiger partial charge is 0.311 e. The number of para-hydroxylation sites is 1. The van der Waals surface area contributed by atoms with Crippen molar-refractivity contribution in [2.75, 3.05) is 4.90 Å². The van der Waals surface area contributed by atoms with E-state index in [1.165, 1.54) is 65.6 Å². The van der Waals surface area contributed by atoms with Gasteiger partial charge in [-0.1, -0.05) is 133 Å². The van der Waals surface area contributed by atoms with Crippen LogP contribution in [0.5, 0.6) is 0 Å². The van der Waals surface area contributed by atoms with Crippen LogP contribution in [-0.2, 0) is 0 Å². The molecule has 9 aromatic carbocycles. The summed E-state index contributed by atoms with van der Waals surface area (Å²) in [6.45, 7) is 0. The maximum atomic E-state index is 4.86. The second kappa shape index (κ2) is 14.3. The summed E-state index contributed by atoms with van der Waals surface area (Å²) in [7, 11) is 0. The van der Waals surface area contributed by atoms with Gasteiger partial charge >= 0.3 is 0 Å². The third kappa shape index (κ3) is 5.96. The van der Waals surface area contributed by atoms with Crippen molar-refractivity contribution in [2.45, 2.75) is 0 Å². The van der Waals surface area contributed by atoms with E-state index in [9.17, 15) is 0 Å². The standard InChI is InChI=1S/C57H38N4/c1-2-16-44(17-3-1)60(45-27-23-41(24-28-45)54-38-59-35-9-8-22-57(59)58-54)46-29-31-47(32-30-46)61-55-33-25-42(50-20-10-14-39-12-4-6-18-48(39)50)36-52(55)53-37-43(26-34-56(53)61)51-21-11-15-40-13-5-7-19-49(40)51/h1-38H. The zero-order valence-corrected chi connectivity index (χ0v) is 33.2. The molecule has 0 aliphatic rings. The Morgan fingerprint density at radius 2 is 0.885 bits per heavy atom. The molecule has 0 aliphatic carbocycles. The molecule has 0 amide bonds. The smallest absolute Gasteiger partial charge is 0.137 e. The van der Waals surface area contributed by atoms with Crippen molar-refractivity contribution in [3.8, 4) is 39.2 Å². The first-order chi connectivity index (χ1) is 30.2. The van der Waals surface area contributed by atoms with Crippen LogP contribution in [0.2, 0.25) is 0 Å². The highest BCUT2D eigenvalue weighted by atomic mass is 15.1. The van der Waals surface area contributed by atoms with E-state index in [0.717, 1.165) is 39.7 Å². The molecular weight excluding hydrogens is 741 g/mol. The van der Waals surface area contributed by atoms with Crippen LogP contribution in [0.3, 0.4) is 0 Å². The van der Waals surface area contributed by atoms with Crippen molar-refractivity contribution in [2.24, 2.45) is 0 Å². The Kier molecular flexibility index (Phi) is 8.13. The molecule has 0 N–H and O–H groups in total. The molecule has 0 unspecified atom stereocenters. The summed E-state index contributed by atoms with van der Waals surface area (Å²) in [5.74, 6) is 0. The number of fused-ring (bicyclic) bond motifs is 6. The lowest BCUT2D eigenvalue weighted by Crippen LogP contribution is -2.10. The van der Waals surface area contributed by atoms with E-state index < -0.39 is 0 Å². The summed E-state index contributed by atoms with van der Waals surface area (Å²) in [6.07, 6.45) is 4.12. The Hall–Kier alpha value is -8.21. The number of hydrogen-bond donors (Lipinski definition) is 0. The third-order valence-electron chi connectivity index (χ3n) is 12.1. The molecule has 0 radical (unpaired) electrons. The summed E-state index contributed by atoms with van der Waals surface area (Å²) in [6, 6.07) is 78.9. The van der Waals surface area contributed by atoms with Crippen molar-refractivity contribution >= 4 is 66.1 Å². The van der Waals surface area contributed by atoms with E-state index in [4.69, 9.17) is 4.98 Å². The lowest BCUT2D eigenvalue weighted by atomic mass is 9.95. The van der Waals surface area contributed by atoms with E-state index in [1.54, 1.807) is 0 Å². The minimum absolute atomic E-state index is 0.936. The lowest BCUT2D eigenvalue weighted by molar-refractivity contribution is 1.17. The molecule has 0 atom stereocenters. The zero-order valence-electron chi connectivity index (χ0n) is 33.2. The minimum Gasteiger partial charge on any atom is -0.311 e. The highest BCUT2D eigenvalue weighted by molar-refractivity contribution is 6.13. The second-order valence-electron chi connectivity index (χ2n) is 15.7. The zero-order chi connectivity index (χ0) is 40.3. The fourth-order valence-corrected chi connectivity index (χ4v) is 9.22. The first-order valence-electron chi connectivity index (χ1n) is 20.8. The summed E-state index contributed by atoms with van der Waals surface area (Å²) >= 11 is 0. The fraction of sp³-hybridized carbons (Fsp3) is 0. The van der Waals surface area contributed by atoms with Crippen LogP contribution >= 0.6 is 0 Å². The van der Waals surface area contributed by atoms with E-state index in [1.807, 2.05) is 24.4 Å². The predicted molar refractivity (Wildman–Crippen MR) is 256 cm³/mol. The molecule has 12 rings (SSSR count). The second-order valence-corrected chi connectivity index (χ2v) is 15.7. The molecule has 0 spiro atoms. The average Bonchev–Trinajstić information content (AvgIpc) is 3.91. The van der Waals surface area contributed by atoms with Crippen LogP contribution in [0.15, 0.2) is 231 Å². The normalized spacial score (nSPS) is 11.6. The summed E-state index contributed by atoms with van der Waals surface area (Å²) in [4.78, 5) is 7.18. The van der Waals surface area contributed by atoms with Crippen molar-refractivity contribution in [1.82, 2.24) is 14.0 Å². The van der Waals surface area contributed by atoms with Gasteiger partial charge in [-0.2, -0.15) is 0 Å². The monoisotopic (exact) mass is 778 g/mol. The minimum atomic E-state index is 0.936. The van der Waals surface area contributed by atoms with Gasteiger partial charge in [0, 0.05) is 51.5 Å². The van der Waals surface area contributed by atoms with E-state index in [-0.39, 0.29) is 0 Å². The quantitative estimate of drug-likeness (QED) is 0.161. The molecule has 0 saturated carbocycles. The number of benzene rings is 9. The van der Waals surface area contributed by atoms with Crippen LogP contribution in [-0.4, -0.2) is 14.0 Å². The molecule has 12 aromatic rings. The van der Waals surface area contributed by atoms with Crippen molar-refractivity contribution in [1.29, 1.82) is 0 Å². The van der Waals surface area contributed by atoms with Crippen molar-refractivity contribution in [3.05, 3.63) is 231 Å². The highest BCUT2D eigenvalue weighted by Crippen LogP contribution is 2.41. The molecule has 0 fully saturated rings. The third-order valence-corrected chi connectivity index (χ3v) is 12.1. The van der Waals surface area contributed by atoms with Gasteiger partial charge in [0.05, 0.1) is 16.7 Å². The van der Waals surface area contributed by atoms with Gasteiger partial charge in [0.25, 0.3) is 0 Å². The molecule has 3 heterocycles. The van der Waals surface area contributed by atoms with Gasteiger partial charge in [0.15, 0.2) is 0 Å². The Morgan fingerprint density at radius 1 is 0.377 bits per heavy atom. The lowest BCUT2D eigenvalue weighted by Gasteiger charge is -2.26.